The van der Waals surface area contributed by atoms with E-state index in [4.69, 9.17) is 9.47 Å². The summed E-state index contributed by atoms with van der Waals surface area (Å²) >= 11 is 3.51. The Labute approximate surface area is 133 Å². The highest BCUT2D eigenvalue weighted by Crippen LogP contribution is 2.40. The van der Waals surface area contributed by atoms with E-state index in [0.29, 0.717) is 19.3 Å². The van der Waals surface area contributed by atoms with E-state index in [-0.39, 0.29) is 6.04 Å². The fourth-order valence-corrected chi connectivity index (χ4v) is 3.58. The molecule has 1 fully saturated rings. The second-order valence-corrected chi connectivity index (χ2v) is 6.44. The first-order valence-electron chi connectivity index (χ1n) is 7.52. The van der Waals surface area contributed by atoms with Crippen LogP contribution in [0.4, 0.5) is 0 Å². The summed E-state index contributed by atoms with van der Waals surface area (Å²) in [7, 11) is 0. The normalized spacial score (nSPS) is 19.8. The number of benzene rings is 1. The number of halogens is 1. The molecule has 3 rings (SSSR count). The molecule has 0 bridgehead atoms. The second kappa shape index (κ2) is 6.67. The largest absolute Gasteiger partial charge is 0.486 e. The monoisotopic (exact) mass is 350 g/mol. The molecular formula is C16H19BrN2O2. The molecule has 1 aromatic rings. The summed E-state index contributed by atoms with van der Waals surface area (Å²) < 4.78 is 12.1. The van der Waals surface area contributed by atoms with Crippen molar-refractivity contribution in [3.8, 4) is 17.6 Å². The van der Waals surface area contributed by atoms with Gasteiger partial charge in [-0.1, -0.05) is 19.3 Å². The van der Waals surface area contributed by atoms with Crippen molar-refractivity contribution in [3.63, 3.8) is 0 Å². The van der Waals surface area contributed by atoms with Crippen LogP contribution in [-0.2, 0) is 0 Å². The summed E-state index contributed by atoms with van der Waals surface area (Å²) in [5, 5.41) is 13.0. The van der Waals surface area contributed by atoms with Crippen molar-refractivity contribution < 1.29 is 9.47 Å². The third-order valence-electron chi connectivity index (χ3n) is 4.09. The molecule has 5 heteroatoms. The lowest BCUT2D eigenvalue weighted by Gasteiger charge is -2.26. The molecule has 21 heavy (non-hydrogen) atoms. The zero-order chi connectivity index (χ0) is 14.7. The van der Waals surface area contributed by atoms with Crippen molar-refractivity contribution in [2.75, 3.05) is 13.2 Å². The van der Waals surface area contributed by atoms with E-state index in [1.54, 1.807) is 0 Å². The molecule has 0 aromatic heterocycles. The highest BCUT2D eigenvalue weighted by atomic mass is 79.9. The molecule has 0 radical (unpaired) electrons. The minimum Gasteiger partial charge on any atom is -0.486 e. The summed E-state index contributed by atoms with van der Waals surface area (Å²) in [5.74, 6) is 1.45. The zero-order valence-electron chi connectivity index (χ0n) is 11.9. The lowest BCUT2D eigenvalue weighted by molar-refractivity contribution is 0.170. The highest BCUT2D eigenvalue weighted by Gasteiger charge is 2.23. The Morgan fingerprint density at radius 3 is 2.71 bits per heavy atom. The summed E-state index contributed by atoms with van der Waals surface area (Å²) in [4.78, 5) is 0. The Kier molecular flexibility index (Phi) is 4.67. The van der Waals surface area contributed by atoms with E-state index in [0.717, 1.165) is 34.4 Å². The highest BCUT2D eigenvalue weighted by molar-refractivity contribution is 9.10. The first kappa shape index (κ1) is 14.7. The summed E-state index contributed by atoms with van der Waals surface area (Å²) in [6.45, 7) is 1.11. The molecule has 112 valence electrons. The van der Waals surface area contributed by atoms with Crippen molar-refractivity contribution >= 4 is 15.9 Å². The van der Waals surface area contributed by atoms with Gasteiger partial charge in [-0.15, -0.1) is 0 Å². The number of hydrogen-bond acceptors (Lipinski definition) is 4. The third kappa shape index (κ3) is 3.33. The number of nitriles is 1. The van der Waals surface area contributed by atoms with Gasteiger partial charge in [0.25, 0.3) is 0 Å². The maximum atomic E-state index is 9.51. The number of fused-ring (bicyclic) bond motifs is 1. The van der Waals surface area contributed by atoms with E-state index >= 15 is 0 Å². The molecule has 1 N–H and O–H groups in total. The Morgan fingerprint density at radius 1 is 1.19 bits per heavy atom. The van der Waals surface area contributed by atoms with Gasteiger partial charge in [0.1, 0.15) is 19.3 Å². The average molecular weight is 351 g/mol. The molecule has 0 saturated heterocycles. The lowest BCUT2D eigenvalue weighted by atomic mass is 9.94. The van der Waals surface area contributed by atoms with Crippen LogP contribution in [0.25, 0.3) is 0 Å². The SMILES string of the molecule is N#CC(NC1CCCCC1)c1cc(Br)c2c(c1)OCCO2. The van der Waals surface area contributed by atoms with Gasteiger partial charge in [0.2, 0.25) is 0 Å². The van der Waals surface area contributed by atoms with Gasteiger partial charge in [-0.3, -0.25) is 5.32 Å². The van der Waals surface area contributed by atoms with Crippen molar-refractivity contribution in [1.29, 1.82) is 5.26 Å². The fourth-order valence-electron chi connectivity index (χ4n) is 3.01. The maximum absolute atomic E-state index is 9.51. The molecule has 4 nitrogen and oxygen atoms in total. The van der Waals surface area contributed by atoms with E-state index in [2.05, 4.69) is 27.3 Å². The van der Waals surface area contributed by atoms with Crippen molar-refractivity contribution in [2.24, 2.45) is 0 Å². The van der Waals surface area contributed by atoms with E-state index in [1.807, 2.05) is 12.1 Å². The van der Waals surface area contributed by atoms with Gasteiger partial charge >= 0.3 is 0 Å². The Bertz CT molecular complexity index is 550. The van der Waals surface area contributed by atoms with Crippen LogP contribution < -0.4 is 14.8 Å². The first-order valence-corrected chi connectivity index (χ1v) is 8.32. The molecule has 0 amide bonds. The van der Waals surface area contributed by atoms with Gasteiger partial charge in [-0.05, 0) is 46.5 Å². The van der Waals surface area contributed by atoms with E-state index in [9.17, 15) is 5.26 Å². The van der Waals surface area contributed by atoms with Crippen molar-refractivity contribution in [1.82, 2.24) is 5.32 Å². The standard InChI is InChI=1S/C16H19BrN2O2/c17-13-8-11(9-15-16(13)21-7-6-20-15)14(10-18)19-12-4-2-1-3-5-12/h8-9,12,14,19H,1-7H2. The average Bonchev–Trinajstić information content (AvgIpc) is 2.53. The quantitative estimate of drug-likeness (QED) is 0.902. The third-order valence-corrected chi connectivity index (χ3v) is 4.68. The van der Waals surface area contributed by atoms with Gasteiger partial charge in [-0.25, -0.2) is 0 Å². The van der Waals surface area contributed by atoms with Gasteiger partial charge < -0.3 is 9.47 Å². The predicted molar refractivity (Wildman–Crippen MR) is 83.5 cm³/mol. The minimum absolute atomic E-state index is 0.305. The Morgan fingerprint density at radius 2 is 1.95 bits per heavy atom. The molecule has 0 spiro atoms. The van der Waals surface area contributed by atoms with E-state index < -0.39 is 0 Å². The van der Waals surface area contributed by atoms with Crippen LogP contribution in [0.2, 0.25) is 0 Å². The van der Waals surface area contributed by atoms with E-state index in [1.165, 1.54) is 19.3 Å². The second-order valence-electron chi connectivity index (χ2n) is 5.59. The maximum Gasteiger partial charge on any atom is 0.175 e. The molecule has 1 atom stereocenters. The smallest absolute Gasteiger partial charge is 0.175 e. The van der Waals surface area contributed by atoms with Crippen LogP contribution in [0.1, 0.15) is 43.7 Å². The van der Waals surface area contributed by atoms with Crippen LogP contribution in [0.3, 0.4) is 0 Å². The molecule has 1 unspecified atom stereocenters. The summed E-state index contributed by atoms with van der Waals surface area (Å²) in [6, 6.07) is 6.38. The fraction of sp³-hybridized carbons (Fsp3) is 0.562. The van der Waals surface area contributed by atoms with Gasteiger partial charge in [0, 0.05) is 6.04 Å². The van der Waals surface area contributed by atoms with Crippen LogP contribution in [0.5, 0.6) is 11.5 Å². The van der Waals surface area contributed by atoms with Crippen LogP contribution >= 0.6 is 15.9 Å². The lowest BCUT2D eigenvalue weighted by Crippen LogP contribution is -2.34. The molecule has 1 aromatic carbocycles. The van der Waals surface area contributed by atoms with Crippen LogP contribution in [0, 0.1) is 11.3 Å². The Hall–Kier alpha value is -1.25. The van der Waals surface area contributed by atoms with Crippen molar-refractivity contribution in [2.45, 2.75) is 44.2 Å². The predicted octanol–water partition coefficient (Wildman–Crippen LogP) is 3.71. The number of nitrogens with zero attached hydrogens (tertiary/aromatic N) is 1. The number of hydrogen-bond donors (Lipinski definition) is 1. The van der Waals surface area contributed by atoms with Crippen molar-refractivity contribution in [3.05, 3.63) is 22.2 Å². The molecule has 1 heterocycles. The number of ether oxygens (including phenoxy) is 2. The van der Waals surface area contributed by atoms with Crippen LogP contribution in [0.15, 0.2) is 16.6 Å². The topological polar surface area (TPSA) is 54.3 Å². The number of rotatable bonds is 3. The molecule has 1 aliphatic heterocycles. The summed E-state index contributed by atoms with van der Waals surface area (Å²) in [6.07, 6.45) is 6.13. The van der Waals surface area contributed by atoms with Gasteiger partial charge in [0.15, 0.2) is 11.5 Å². The first-order chi connectivity index (χ1) is 10.3. The summed E-state index contributed by atoms with van der Waals surface area (Å²) in [5.41, 5.74) is 0.930. The molecular weight excluding hydrogens is 332 g/mol. The van der Waals surface area contributed by atoms with Gasteiger partial charge in [0.05, 0.1) is 10.5 Å². The molecule has 1 aliphatic carbocycles. The van der Waals surface area contributed by atoms with Crippen LogP contribution in [-0.4, -0.2) is 19.3 Å². The zero-order valence-corrected chi connectivity index (χ0v) is 13.5. The molecule has 1 saturated carbocycles. The molecule has 2 aliphatic rings. The van der Waals surface area contributed by atoms with Gasteiger partial charge in [-0.2, -0.15) is 5.26 Å². The number of nitrogens with one attached hydrogen (secondary N) is 1. The minimum atomic E-state index is -0.305. The Balaban J connectivity index is 1.80.